The first kappa shape index (κ1) is 17.2. The summed E-state index contributed by atoms with van der Waals surface area (Å²) in [6.45, 7) is 1.55. The third kappa shape index (κ3) is 3.27. The minimum atomic E-state index is -0.828. The Bertz CT molecular complexity index is 997. The zero-order valence-corrected chi connectivity index (χ0v) is 13.3. The zero-order valence-electron chi connectivity index (χ0n) is 13.3. The second-order valence-electron chi connectivity index (χ2n) is 5.39. The molecule has 0 saturated carbocycles. The summed E-state index contributed by atoms with van der Waals surface area (Å²) in [4.78, 5) is 22.6. The second-order valence-corrected chi connectivity index (χ2v) is 5.39. The van der Waals surface area contributed by atoms with E-state index in [9.17, 15) is 23.7 Å². The van der Waals surface area contributed by atoms with E-state index in [4.69, 9.17) is 4.52 Å². The summed E-state index contributed by atoms with van der Waals surface area (Å²) in [5, 5.41) is 16.8. The fourth-order valence-electron chi connectivity index (χ4n) is 2.33. The number of carbonyl (C=O) groups is 1. The molecule has 0 atom stereocenters. The number of benzene rings is 2. The summed E-state index contributed by atoms with van der Waals surface area (Å²) in [5.41, 5.74) is -0.293. The molecule has 1 amide bonds. The van der Waals surface area contributed by atoms with Crippen LogP contribution in [0.5, 0.6) is 0 Å². The minimum Gasteiger partial charge on any atom is -0.338 e. The number of nitro groups is 1. The molecule has 0 saturated heterocycles. The highest BCUT2D eigenvalue weighted by Gasteiger charge is 2.19. The van der Waals surface area contributed by atoms with Gasteiger partial charge < -0.3 is 4.52 Å². The van der Waals surface area contributed by atoms with Crippen molar-refractivity contribution in [3.8, 4) is 11.3 Å². The predicted octanol–water partition coefficient (Wildman–Crippen LogP) is 4.09. The number of aryl methyl sites for hydroxylation is 1. The Labute approximate surface area is 145 Å². The summed E-state index contributed by atoms with van der Waals surface area (Å²) in [7, 11) is 0. The molecule has 1 aromatic heterocycles. The van der Waals surface area contributed by atoms with Gasteiger partial charge in [0.15, 0.2) is 0 Å². The maximum absolute atomic E-state index is 13.8. The maximum Gasteiger partial charge on any atom is 0.273 e. The number of anilines is 1. The van der Waals surface area contributed by atoms with Crippen LogP contribution in [0.25, 0.3) is 11.3 Å². The van der Waals surface area contributed by atoms with E-state index in [1.807, 2.05) is 0 Å². The van der Waals surface area contributed by atoms with Gasteiger partial charge in [-0.2, -0.15) is 0 Å². The first-order valence-electron chi connectivity index (χ1n) is 7.34. The number of hydrogen-bond acceptors (Lipinski definition) is 5. The van der Waals surface area contributed by atoms with Crippen LogP contribution in [0.3, 0.4) is 0 Å². The molecule has 1 N–H and O–H groups in total. The average Bonchev–Trinajstić information content (AvgIpc) is 3.02. The molecule has 0 unspecified atom stereocenters. The van der Waals surface area contributed by atoms with E-state index >= 15 is 0 Å². The molecule has 0 fully saturated rings. The molecule has 0 aliphatic carbocycles. The molecule has 2 aromatic carbocycles. The standard InChI is InChI=1S/C17H11F2N3O4/c1-9-5-6-10(7-14(9)22(24)25)17(23)20-15-8-13(21-26-15)16-11(18)3-2-4-12(16)19/h2-8H,1H3,(H,20,23). The van der Waals surface area contributed by atoms with Crippen LogP contribution in [-0.2, 0) is 0 Å². The Balaban J connectivity index is 1.85. The van der Waals surface area contributed by atoms with E-state index in [2.05, 4.69) is 10.5 Å². The van der Waals surface area contributed by atoms with Crippen LogP contribution in [0.15, 0.2) is 47.0 Å². The van der Waals surface area contributed by atoms with Crippen molar-refractivity contribution >= 4 is 17.5 Å². The SMILES string of the molecule is Cc1ccc(C(=O)Nc2cc(-c3c(F)cccc3F)no2)cc1[N+](=O)[O-]. The Kier molecular flexibility index (Phi) is 4.44. The van der Waals surface area contributed by atoms with E-state index in [0.29, 0.717) is 5.56 Å². The Morgan fingerprint density at radius 1 is 1.19 bits per heavy atom. The number of nitro benzene ring substituents is 1. The molecular weight excluding hydrogens is 348 g/mol. The molecule has 26 heavy (non-hydrogen) atoms. The van der Waals surface area contributed by atoms with Crippen molar-refractivity contribution in [2.75, 3.05) is 5.32 Å². The monoisotopic (exact) mass is 359 g/mol. The highest BCUT2D eigenvalue weighted by Crippen LogP contribution is 2.27. The van der Waals surface area contributed by atoms with E-state index < -0.39 is 22.5 Å². The number of amides is 1. The lowest BCUT2D eigenvalue weighted by atomic mass is 10.1. The van der Waals surface area contributed by atoms with Gasteiger partial charge in [-0.25, -0.2) is 8.78 Å². The van der Waals surface area contributed by atoms with Gasteiger partial charge in [-0.05, 0) is 25.1 Å². The molecule has 7 nitrogen and oxygen atoms in total. The fraction of sp³-hybridized carbons (Fsp3) is 0.0588. The highest BCUT2D eigenvalue weighted by molar-refractivity contribution is 6.04. The van der Waals surface area contributed by atoms with Crippen molar-refractivity contribution < 1.29 is 23.0 Å². The van der Waals surface area contributed by atoms with E-state index in [1.54, 1.807) is 6.92 Å². The molecule has 0 aliphatic rings. The van der Waals surface area contributed by atoms with Gasteiger partial charge in [0.05, 0.1) is 10.5 Å². The summed E-state index contributed by atoms with van der Waals surface area (Å²) in [6, 6.07) is 8.47. The second kappa shape index (κ2) is 6.71. The highest BCUT2D eigenvalue weighted by atomic mass is 19.1. The minimum absolute atomic E-state index is 0.0253. The summed E-state index contributed by atoms with van der Waals surface area (Å²) in [6.07, 6.45) is 0. The number of aromatic nitrogens is 1. The largest absolute Gasteiger partial charge is 0.338 e. The lowest BCUT2D eigenvalue weighted by molar-refractivity contribution is -0.385. The molecule has 3 rings (SSSR count). The number of carbonyl (C=O) groups excluding carboxylic acids is 1. The van der Waals surface area contributed by atoms with Crippen LogP contribution in [0.4, 0.5) is 20.4 Å². The summed E-state index contributed by atoms with van der Waals surface area (Å²) >= 11 is 0. The molecule has 0 radical (unpaired) electrons. The first-order valence-corrected chi connectivity index (χ1v) is 7.34. The van der Waals surface area contributed by atoms with E-state index in [1.165, 1.54) is 18.2 Å². The first-order chi connectivity index (χ1) is 12.4. The average molecular weight is 359 g/mol. The topological polar surface area (TPSA) is 98.3 Å². The van der Waals surface area contributed by atoms with Crippen LogP contribution in [0.2, 0.25) is 0 Å². The van der Waals surface area contributed by atoms with Crippen molar-refractivity contribution in [1.82, 2.24) is 5.16 Å². The smallest absolute Gasteiger partial charge is 0.273 e. The van der Waals surface area contributed by atoms with Gasteiger partial charge in [0.1, 0.15) is 17.3 Å². The van der Waals surface area contributed by atoms with Crippen LogP contribution < -0.4 is 5.32 Å². The van der Waals surface area contributed by atoms with Gasteiger partial charge in [-0.3, -0.25) is 20.2 Å². The molecule has 0 spiro atoms. The Morgan fingerprint density at radius 2 is 1.88 bits per heavy atom. The third-order valence-corrected chi connectivity index (χ3v) is 3.63. The van der Waals surface area contributed by atoms with Crippen LogP contribution in [-0.4, -0.2) is 16.0 Å². The maximum atomic E-state index is 13.8. The van der Waals surface area contributed by atoms with Crippen molar-refractivity contribution in [2.45, 2.75) is 6.92 Å². The predicted molar refractivity (Wildman–Crippen MR) is 87.6 cm³/mol. The molecule has 3 aromatic rings. The third-order valence-electron chi connectivity index (χ3n) is 3.63. The molecule has 0 aliphatic heterocycles. The number of nitrogens with zero attached hydrogens (tertiary/aromatic N) is 2. The van der Waals surface area contributed by atoms with Crippen molar-refractivity contribution in [3.05, 3.63) is 75.3 Å². The molecule has 1 heterocycles. The molecule has 0 bridgehead atoms. The van der Waals surface area contributed by atoms with Gasteiger partial charge >= 0.3 is 0 Å². The Hall–Kier alpha value is -3.62. The van der Waals surface area contributed by atoms with Crippen LogP contribution in [0.1, 0.15) is 15.9 Å². The van der Waals surface area contributed by atoms with Crippen molar-refractivity contribution in [2.24, 2.45) is 0 Å². The number of nitrogens with one attached hydrogen (secondary N) is 1. The number of rotatable bonds is 4. The normalized spacial score (nSPS) is 10.6. The summed E-state index contributed by atoms with van der Waals surface area (Å²) in [5.74, 6) is -2.50. The zero-order chi connectivity index (χ0) is 18.8. The molecule has 9 heteroatoms. The van der Waals surface area contributed by atoms with E-state index in [0.717, 1.165) is 24.3 Å². The number of halogens is 2. The quantitative estimate of drug-likeness (QED) is 0.559. The van der Waals surface area contributed by atoms with Gasteiger partial charge in [0, 0.05) is 23.3 Å². The lowest BCUT2D eigenvalue weighted by Gasteiger charge is -2.03. The number of hydrogen-bond donors (Lipinski definition) is 1. The van der Waals surface area contributed by atoms with Gasteiger partial charge in [-0.15, -0.1) is 0 Å². The van der Waals surface area contributed by atoms with E-state index in [-0.39, 0.29) is 28.4 Å². The van der Waals surface area contributed by atoms with Crippen molar-refractivity contribution in [1.29, 1.82) is 0 Å². The van der Waals surface area contributed by atoms with Gasteiger partial charge in [-0.1, -0.05) is 17.3 Å². The summed E-state index contributed by atoms with van der Waals surface area (Å²) < 4.78 is 32.4. The fourth-order valence-corrected chi connectivity index (χ4v) is 2.33. The van der Waals surface area contributed by atoms with Gasteiger partial charge in [0.25, 0.3) is 11.6 Å². The van der Waals surface area contributed by atoms with Crippen molar-refractivity contribution in [3.63, 3.8) is 0 Å². The van der Waals surface area contributed by atoms with Gasteiger partial charge in [0.2, 0.25) is 5.88 Å². The molecule has 132 valence electrons. The van der Waals surface area contributed by atoms with Crippen LogP contribution in [0, 0.1) is 28.7 Å². The van der Waals surface area contributed by atoms with Crippen LogP contribution >= 0.6 is 0 Å². The Morgan fingerprint density at radius 3 is 2.54 bits per heavy atom. The lowest BCUT2D eigenvalue weighted by Crippen LogP contribution is -2.11. The molecular formula is C17H11F2N3O4.